The predicted octanol–water partition coefficient (Wildman–Crippen LogP) is 3.65. The van der Waals surface area contributed by atoms with Gasteiger partial charge in [-0.15, -0.1) is 0 Å². The number of hydrogen-bond donors (Lipinski definition) is 1. The first kappa shape index (κ1) is 16.0. The van der Waals surface area contributed by atoms with E-state index in [9.17, 15) is 0 Å². The quantitative estimate of drug-likeness (QED) is 0.784. The highest BCUT2D eigenvalue weighted by atomic mass is 15.2. The maximum Gasteiger partial charge on any atom is 0.0339 e. The fourth-order valence-corrected chi connectivity index (χ4v) is 3.92. The molecule has 1 atom stereocenters. The summed E-state index contributed by atoms with van der Waals surface area (Å²) in [5.74, 6) is 1.45. The van der Waals surface area contributed by atoms with Gasteiger partial charge >= 0.3 is 0 Å². The molecular weight excluding hydrogens is 220 g/mol. The third kappa shape index (κ3) is 3.96. The second kappa shape index (κ2) is 6.91. The van der Waals surface area contributed by atoms with Crippen LogP contribution < -0.4 is 5.73 Å². The van der Waals surface area contributed by atoms with E-state index in [0.29, 0.717) is 6.04 Å². The van der Waals surface area contributed by atoms with Crippen LogP contribution in [0.15, 0.2) is 0 Å². The van der Waals surface area contributed by atoms with Gasteiger partial charge in [0.05, 0.1) is 0 Å². The van der Waals surface area contributed by atoms with Gasteiger partial charge in [-0.3, -0.25) is 4.90 Å². The van der Waals surface area contributed by atoms with Crippen molar-refractivity contribution in [3.05, 3.63) is 0 Å². The van der Waals surface area contributed by atoms with Crippen LogP contribution in [-0.2, 0) is 0 Å². The van der Waals surface area contributed by atoms with Crippen molar-refractivity contribution in [3.8, 4) is 0 Å². The smallest absolute Gasteiger partial charge is 0.0339 e. The van der Waals surface area contributed by atoms with Gasteiger partial charge in [-0.25, -0.2) is 0 Å². The van der Waals surface area contributed by atoms with E-state index in [1.54, 1.807) is 0 Å². The molecule has 0 amide bonds. The third-order valence-corrected chi connectivity index (χ3v) is 4.37. The highest BCUT2D eigenvalue weighted by Crippen LogP contribution is 2.35. The lowest BCUT2D eigenvalue weighted by molar-refractivity contribution is 0.00127. The van der Waals surface area contributed by atoms with Gasteiger partial charge in [0.15, 0.2) is 0 Å². The van der Waals surface area contributed by atoms with Crippen molar-refractivity contribution < 1.29 is 0 Å². The van der Waals surface area contributed by atoms with E-state index in [4.69, 9.17) is 5.73 Å². The number of nitrogens with two attached hydrogens (primary N) is 1. The molecule has 1 saturated heterocycles. The minimum Gasteiger partial charge on any atom is -0.329 e. The third-order valence-electron chi connectivity index (χ3n) is 4.37. The Bertz CT molecular complexity index is 225. The molecule has 0 aromatic rings. The van der Waals surface area contributed by atoms with E-state index < -0.39 is 0 Å². The van der Waals surface area contributed by atoms with E-state index in [1.165, 1.54) is 38.6 Å². The highest BCUT2D eigenvalue weighted by molar-refractivity contribution is 4.96. The second-order valence-electron chi connectivity index (χ2n) is 7.16. The van der Waals surface area contributed by atoms with E-state index in [1.807, 2.05) is 0 Å². The minimum atomic E-state index is 0.238. The lowest BCUT2D eigenvalue weighted by Crippen LogP contribution is -2.59. The van der Waals surface area contributed by atoms with Crippen molar-refractivity contribution in [1.82, 2.24) is 4.90 Å². The van der Waals surface area contributed by atoms with E-state index in [0.717, 1.165) is 18.4 Å². The first-order valence-corrected chi connectivity index (χ1v) is 7.88. The van der Waals surface area contributed by atoms with Crippen LogP contribution in [0.2, 0.25) is 0 Å². The Kier molecular flexibility index (Phi) is 6.13. The number of hydrogen-bond acceptors (Lipinski definition) is 2. The highest BCUT2D eigenvalue weighted by Gasteiger charge is 2.39. The summed E-state index contributed by atoms with van der Waals surface area (Å²) >= 11 is 0. The molecule has 1 aliphatic heterocycles. The Morgan fingerprint density at radius 2 is 1.67 bits per heavy atom. The van der Waals surface area contributed by atoms with E-state index in [2.05, 4.69) is 39.5 Å². The van der Waals surface area contributed by atoms with Crippen LogP contribution in [0.25, 0.3) is 0 Å². The molecule has 0 aliphatic carbocycles. The van der Waals surface area contributed by atoms with Crippen molar-refractivity contribution >= 4 is 0 Å². The summed E-state index contributed by atoms with van der Waals surface area (Å²) in [6, 6.07) is 0.708. The molecule has 1 fully saturated rings. The first-order chi connectivity index (χ1) is 8.41. The van der Waals surface area contributed by atoms with Crippen molar-refractivity contribution in [1.29, 1.82) is 0 Å². The normalized spacial score (nSPS) is 23.0. The molecule has 0 aromatic carbocycles. The molecule has 108 valence electrons. The summed E-state index contributed by atoms with van der Waals surface area (Å²) in [6.07, 6.45) is 6.57. The summed E-state index contributed by atoms with van der Waals surface area (Å²) < 4.78 is 0. The number of rotatable bonds is 6. The molecule has 1 unspecified atom stereocenters. The van der Waals surface area contributed by atoms with Crippen LogP contribution in [0.4, 0.5) is 0 Å². The lowest BCUT2D eigenvalue weighted by atomic mass is 9.78. The molecule has 0 aromatic heterocycles. The fourth-order valence-electron chi connectivity index (χ4n) is 3.92. The van der Waals surface area contributed by atoms with Crippen molar-refractivity contribution in [2.24, 2.45) is 17.6 Å². The van der Waals surface area contributed by atoms with Crippen molar-refractivity contribution in [2.75, 3.05) is 13.1 Å². The van der Waals surface area contributed by atoms with Gasteiger partial charge in [0.1, 0.15) is 0 Å². The monoisotopic (exact) mass is 254 g/mol. The first-order valence-electron chi connectivity index (χ1n) is 7.88. The average Bonchev–Trinajstić information content (AvgIpc) is 2.27. The van der Waals surface area contributed by atoms with E-state index in [-0.39, 0.29) is 5.54 Å². The summed E-state index contributed by atoms with van der Waals surface area (Å²) in [4.78, 5) is 2.75. The van der Waals surface area contributed by atoms with Gasteiger partial charge in [0, 0.05) is 18.1 Å². The summed E-state index contributed by atoms with van der Waals surface area (Å²) in [6.45, 7) is 13.8. The van der Waals surface area contributed by atoms with Crippen LogP contribution >= 0.6 is 0 Å². The van der Waals surface area contributed by atoms with Gasteiger partial charge < -0.3 is 5.73 Å². The molecular formula is C16H34N2. The van der Waals surface area contributed by atoms with Crippen molar-refractivity contribution in [3.63, 3.8) is 0 Å². The number of nitrogens with zero attached hydrogens (tertiary/aromatic N) is 1. The Labute approximate surface area is 114 Å². The molecule has 1 rings (SSSR count). The summed E-state index contributed by atoms with van der Waals surface area (Å²) in [5.41, 5.74) is 6.49. The topological polar surface area (TPSA) is 29.3 Å². The molecule has 1 heterocycles. The van der Waals surface area contributed by atoms with Gasteiger partial charge in [-0.1, -0.05) is 34.1 Å². The second-order valence-corrected chi connectivity index (χ2v) is 7.16. The van der Waals surface area contributed by atoms with Gasteiger partial charge in [-0.05, 0) is 51.0 Å². The Hall–Kier alpha value is -0.0800. The van der Waals surface area contributed by atoms with Crippen LogP contribution in [0.1, 0.15) is 66.7 Å². The molecule has 0 radical (unpaired) electrons. The fraction of sp³-hybridized carbons (Fsp3) is 1.00. The zero-order valence-electron chi connectivity index (χ0n) is 13.2. The standard InChI is InChI=1S/C16H34N2/c1-13(2)10-16(12-17,11-14(3)4)18-9-7-6-8-15(18)5/h13-15H,6-12,17H2,1-5H3. The zero-order chi connectivity index (χ0) is 13.8. The van der Waals surface area contributed by atoms with Crippen LogP contribution in [0, 0.1) is 11.8 Å². The number of likely N-dealkylation sites (tertiary alicyclic amines) is 1. The SMILES string of the molecule is CC(C)CC(CN)(CC(C)C)N1CCCCC1C. The van der Waals surface area contributed by atoms with E-state index >= 15 is 0 Å². The molecule has 2 heteroatoms. The molecule has 2 N–H and O–H groups in total. The lowest BCUT2D eigenvalue weighted by Gasteiger charge is -2.50. The molecule has 2 nitrogen and oxygen atoms in total. The summed E-state index contributed by atoms with van der Waals surface area (Å²) in [7, 11) is 0. The van der Waals surface area contributed by atoms with Crippen molar-refractivity contribution in [2.45, 2.75) is 78.3 Å². The summed E-state index contributed by atoms with van der Waals surface area (Å²) in [5, 5.41) is 0. The zero-order valence-corrected chi connectivity index (χ0v) is 13.2. The molecule has 1 aliphatic rings. The maximum atomic E-state index is 6.26. The molecule has 18 heavy (non-hydrogen) atoms. The predicted molar refractivity (Wildman–Crippen MR) is 80.7 cm³/mol. The Morgan fingerprint density at radius 1 is 1.11 bits per heavy atom. The average molecular weight is 254 g/mol. The molecule has 0 saturated carbocycles. The Morgan fingerprint density at radius 3 is 2.06 bits per heavy atom. The molecule has 0 spiro atoms. The molecule has 0 bridgehead atoms. The van der Waals surface area contributed by atoms with Gasteiger partial charge in [0.25, 0.3) is 0 Å². The maximum absolute atomic E-state index is 6.26. The van der Waals surface area contributed by atoms with Gasteiger partial charge in [-0.2, -0.15) is 0 Å². The van der Waals surface area contributed by atoms with Gasteiger partial charge in [0.2, 0.25) is 0 Å². The largest absolute Gasteiger partial charge is 0.329 e. The number of piperidine rings is 1. The van der Waals surface area contributed by atoms with Crippen LogP contribution in [0.3, 0.4) is 0 Å². The Balaban J connectivity index is 2.91. The van der Waals surface area contributed by atoms with Crippen LogP contribution in [0.5, 0.6) is 0 Å². The minimum absolute atomic E-state index is 0.238. The van der Waals surface area contributed by atoms with Crippen LogP contribution in [-0.4, -0.2) is 29.6 Å².